The Bertz CT molecular complexity index is 1830. The van der Waals surface area contributed by atoms with Crippen LogP contribution in [0.15, 0.2) is 48.9 Å². The summed E-state index contributed by atoms with van der Waals surface area (Å²) in [5, 5.41) is 10.2. The van der Waals surface area contributed by atoms with Crippen molar-refractivity contribution in [2.75, 3.05) is 6.54 Å². The summed E-state index contributed by atoms with van der Waals surface area (Å²) in [5.74, 6) is -0.354. The van der Waals surface area contributed by atoms with Crippen molar-refractivity contribution in [2.45, 2.75) is 45.4 Å². The highest BCUT2D eigenvalue weighted by Crippen LogP contribution is 2.28. The van der Waals surface area contributed by atoms with Crippen LogP contribution in [0.3, 0.4) is 0 Å². The van der Waals surface area contributed by atoms with Gasteiger partial charge in [-0.05, 0) is 36.8 Å². The lowest BCUT2D eigenvalue weighted by Crippen LogP contribution is -2.43. The van der Waals surface area contributed by atoms with Crippen LogP contribution < -0.4 is 0 Å². The maximum absolute atomic E-state index is 14.6. The first-order valence-electron chi connectivity index (χ1n) is 13.2. The van der Waals surface area contributed by atoms with E-state index in [0.29, 0.717) is 28.1 Å². The Balaban J connectivity index is 1.26. The predicted molar refractivity (Wildman–Crippen MR) is 148 cm³/mol. The number of hydrogen-bond donors (Lipinski definition) is 0. The minimum Gasteiger partial charge on any atom is -0.328 e. The van der Waals surface area contributed by atoms with Gasteiger partial charge in [0.25, 0.3) is 0 Å². The van der Waals surface area contributed by atoms with Gasteiger partial charge in [0.15, 0.2) is 17.2 Å². The van der Waals surface area contributed by atoms with Crippen molar-refractivity contribution < 1.29 is 18.8 Å². The highest BCUT2D eigenvalue weighted by atomic mass is 19.1. The molecule has 5 heterocycles. The van der Waals surface area contributed by atoms with Crippen LogP contribution in [0.5, 0.6) is 0 Å². The maximum atomic E-state index is 14.6. The normalized spacial score (nSPS) is 17.0. The van der Waals surface area contributed by atoms with E-state index in [1.54, 1.807) is 49.4 Å². The Morgan fingerprint density at radius 3 is 2.56 bits per heavy atom. The molecule has 11 nitrogen and oxygen atoms in total. The largest absolute Gasteiger partial charge is 0.328 e. The molecule has 2 atom stereocenters. The lowest BCUT2D eigenvalue weighted by atomic mass is 10.0. The number of ketones is 2. The molecule has 1 fully saturated rings. The van der Waals surface area contributed by atoms with Gasteiger partial charge in [0.05, 0.1) is 30.2 Å². The summed E-state index contributed by atoms with van der Waals surface area (Å²) in [6.45, 7) is 2.78. The van der Waals surface area contributed by atoms with Gasteiger partial charge in [0, 0.05) is 55.3 Å². The van der Waals surface area contributed by atoms with Crippen molar-refractivity contribution in [3.63, 3.8) is 0 Å². The lowest BCUT2D eigenvalue weighted by Gasteiger charge is -2.23. The molecule has 41 heavy (non-hydrogen) atoms. The summed E-state index contributed by atoms with van der Waals surface area (Å²) in [4.78, 5) is 53.4. The molecule has 0 saturated carbocycles. The Labute approximate surface area is 234 Å². The molecule has 1 amide bonds. The SMILES string of the molecule is CC(=O)c1nn(CC(=O)N2C[C@H](F)C[C@H]2C(=O)Cc2nn(C)c3ncccc23)c2ccc(-c3cnc(C)nc3)cc12. The average Bonchev–Trinajstić information content (AvgIpc) is 3.62. The van der Waals surface area contributed by atoms with E-state index in [-0.39, 0.29) is 43.2 Å². The van der Waals surface area contributed by atoms with Gasteiger partial charge in [-0.1, -0.05) is 6.07 Å². The molecule has 0 radical (unpaired) electrons. The number of rotatable bonds is 7. The Morgan fingerprint density at radius 2 is 1.80 bits per heavy atom. The van der Waals surface area contributed by atoms with E-state index < -0.39 is 18.1 Å². The standard InChI is InChI=1S/C29H27FN8O3/c1-16(39)28-22-9-18(19-12-32-17(2)33-13-19)6-7-24(22)38(35-28)15-27(41)37-14-20(30)10-25(37)26(40)11-23-21-5-4-8-31-29(21)36(3)34-23/h4-9,12-13,20,25H,10-11,14-15H2,1-3H3/t20-,25+/m1/s1. The summed E-state index contributed by atoms with van der Waals surface area (Å²) in [6.07, 6.45) is 3.61. The van der Waals surface area contributed by atoms with Gasteiger partial charge in [0.2, 0.25) is 5.91 Å². The summed E-state index contributed by atoms with van der Waals surface area (Å²) in [7, 11) is 1.74. The number of halogens is 1. The maximum Gasteiger partial charge on any atom is 0.245 e. The number of carbonyl (C=O) groups is 3. The number of alkyl halides is 1. The number of carbonyl (C=O) groups excluding carboxylic acids is 3. The van der Waals surface area contributed by atoms with Crippen LogP contribution in [-0.2, 0) is 29.6 Å². The van der Waals surface area contributed by atoms with E-state index in [1.165, 1.54) is 16.5 Å². The van der Waals surface area contributed by atoms with E-state index in [9.17, 15) is 18.8 Å². The first kappa shape index (κ1) is 26.4. The molecule has 4 aromatic heterocycles. The number of likely N-dealkylation sites (tertiary alicyclic amines) is 1. The monoisotopic (exact) mass is 554 g/mol. The molecule has 0 spiro atoms. The van der Waals surface area contributed by atoms with E-state index in [1.807, 2.05) is 18.2 Å². The van der Waals surface area contributed by atoms with Crippen molar-refractivity contribution in [1.82, 2.24) is 39.4 Å². The topological polar surface area (TPSA) is 129 Å². The Morgan fingerprint density at radius 1 is 1.02 bits per heavy atom. The molecule has 0 N–H and O–H groups in total. The number of benzene rings is 1. The number of pyridine rings is 1. The Hall–Kier alpha value is -4.87. The third-order valence-electron chi connectivity index (χ3n) is 7.44. The summed E-state index contributed by atoms with van der Waals surface area (Å²) in [6, 6.07) is 8.12. The van der Waals surface area contributed by atoms with E-state index in [2.05, 4.69) is 25.1 Å². The minimum absolute atomic E-state index is 0.0467. The molecular weight excluding hydrogens is 527 g/mol. The van der Waals surface area contributed by atoms with Crippen LogP contribution >= 0.6 is 0 Å². The summed E-state index contributed by atoms with van der Waals surface area (Å²) < 4.78 is 17.7. The number of nitrogens with zero attached hydrogens (tertiary/aromatic N) is 8. The molecule has 0 unspecified atom stereocenters. The van der Waals surface area contributed by atoms with Gasteiger partial charge < -0.3 is 4.90 Å². The van der Waals surface area contributed by atoms with Gasteiger partial charge in [-0.3, -0.25) is 23.7 Å². The van der Waals surface area contributed by atoms with Crippen LogP contribution in [0.1, 0.15) is 35.4 Å². The van der Waals surface area contributed by atoms with E-state index in [4.69, 9.17) is 0 Å². The number of amides is 1. The van der Waals surface area contributed by atoms with E-state index in [0.717, 1.165) is 16.5 Å². The third kappa shape index (κ3) is 4.85. The smallest absolute Gasteiger partial charge is 0.245 e. The lowest BCUT2D eigenvalue weighted by molar-refractivity contribution is -0.138. The molecular formula is C29H27FN8O3. The molecule has 0 aliphatic carbocycles. The van der Waals surface area contributed by atoms with Crippen LogP contribution in [0.4, 0.5) is 4.39 Å². The van der Waals surface area contributed by atoms with Crippen molar-refractivity contribution in [3.05, 3.63) is 66.1 Å². The molecule has 6 rings (SSSR count). The minimum atomic E-state index is -1.32. The van der Waals surface area contributed by atoms with Crippen molar-refractivity contribution >= 4 is 39.4 Å². The second-order valence-electron chi connectivity index (χ2n) is 10.3. The molecule has 1 aliphatic rings. The first-order chi connectivity index (χ1) is 19.7. The van der Waals surface area contributed by atoms with Gasteiger partial charge in [-0.25, -0.2) is 19.3 Å². The predicted octanol–water partition coefficient (Wildman–Crippen LogP) is 3.04. The highest BCUT2D eigenvalue weighted by Gasteiger charge is 2.40. The van der Waals surface area contributed by atoms with Crippen LogP contribution in [0, 0.1) is 6.92 Å². The third-order valence-corrected chi connectivity index (χ3v) is 7.44. The van der Waals surface area contributed by atoms with Crippen molar-refractivity contribution in [2.24, 2.45) is 7.05 Å². The van der Waals surface area contributed by atoms with Gasteiger partial charge in [-0.2, -0.15) is 10.2 Å². The second-order valence-corrected chi connectivity index (χ2v) is 10.3. The molecule has 0 bridgehead atoms. The van der Waals surface area contributed by atoms with Gasteiger partial charge in [-0.15, -0.1) is 0 Å². The molecule has 1 saturated heterocycles. The number of Topliss-reactive ketones (excluding diaryl/α,β-unsaturated/α-hetero) is 2. The zero-order chi connectivity index (χ0) is 28.8. The zero-order valence-corrected chi connectivity index (χ0v) is 22.8. The molecule has 1 aromatic carbocycles. The highest BCUT2D eigenvalue weighted by molar-refractivity contribution is 6.06. The van der Waals surface area contributed by atoms with Crippen LogP contribution in [-0.4, -0.2) is 75.6 Å². The van der Waals surface area contributed by atoms with Gasteiger partial charge in [0.1, 0.15) is 24.2 Å². The summed E-state index contributed by atoms with van der Waals surface area (Å²) >= 11 is 0. The number of aryl methyl sites for hydroxylation is 2. The zero-order valence-electron chi connectivity index (χ0n) is 22.8. The van der Waals surface area contributed by atoms with Crippen LogP contribution in [0.2, 0.25) is 0 Å². The van der Waals surface area contributed by atoms with E-state index >= 15 is 0 Å². The molecule has 5 aromatic rings. The van der Waals surface area contributed by atoms with Crippen molar-refractivity contribution in [3.8, 4) is 11.1 Å². The molecule has 208 valence electrons. The number of aromatic nitrogens is 7. The van der Waals surface area contributed by atoms with Crippen LogP contribution in [0.25, 0.3) is 33.1 Å². The molecule has 1 aliphatic heterocycles. The van der Waals surface area contributed by atoms with Crippen molar-refractivity contribution in [1.29, 1.82) is 0 Å². The molecule has 12 heteroatoms. The first-order valence-corrected chi connectivity index (χ1v) is 13.2. The average molecular weight is 555 g/mol. The van der Waals surface area contributed by atoms with Gasteiger partial charge >= 0.3 is 0 Å². The summed E-state index contributed by atoms with van der Waals surface area (Å²) in [5.41, 5.74) is 3.55. The fourth-order valence-corrected chi connectivity index (χ4v) is 5.44. The Kier molecular flexibility index (Phi) is 6.60. The fraction of sp³-hybridized carbons (Fsp3) is 0.310. The quantitative estimate of drug-likeness (QED) is 0.281. The second kappa shape index (κ2) is 10.3. The number of fused-ring (bicyclic) bond motifs is 2. The fourth-order valence-electron chi connectivity index (χ4n) is 5.44. The number of hydrogen-bond acceptors (Lipinski definition) is 8.